The zero-order valence-electron chi connectivity index (χ0n) is 9.20. The average Bonchev–Trinajstić information content (AvgIpc) is 2.33. The van der Waals surface area contributed by atoms with E-state index in [9.17, 15) is 14.0 Å². The molecule has 1 aliphatic heterocycles. The Morgan fingerprint density at radius 2 is 2.18 bits per heavy atom. The molecule has 0 aromatic heterocycles. The summed E-state index contributed by atoms with van der Waals surface area (Å²) in [6.07, 6.45) is 0. The van der Waals surface area contributed by atoms with Crippen LogP contribution in [-0.4, -0.2) is 32.0 Å². The van der Waals surface area contributed by atoms with E-state index < -0.39 is 5.82 Å². The van der Waals surface area contributed by atoms with Crippen LogP contribution in [0.25, 0.3) is 0 Å². The van der Waals surface area contributed by atoms with Gasteiger partial charge in [-0.05, 0) is 12.1 Å². The van der Waals surface area contributed by atoms with Gasteiger partial charge >= 0.3 is 0 Å². The van der Waals surface area contributed by atoms with E-state index >= 15 is 0 Å². The number of ether oxygens (including phenoxy) is 1. The van der Waals surface area contributed by atoms with Crippen LogP contribution in [0.4, 0.5) is 10.1 Å². The number of hydrogen-bond donors (Lipinski definition) is 1. The zero-order valence-corrected chi connectivity index (χ0v) is 9.20. The number of carbonyl (C=O) groups excluding carboxylic acids is 2. The molecular formula is C11H11FN2O3. The van der Waals surface area contributed by atoms with Crippen molar-refractivity contribution < 1.29 is 18.7 Å². The van der Waals surface area contributed by atoms with E-state index in [1.807, 2.05) is 0 Å². The number of halogens is 1. The first-order chi connectivity index (χ1) is 8.11. The molecule has 1 aromatic carbocycles. The second-order valence-electron chi connectivity index (χ2n) is 3.58. The molecule has 1 heterocycles. The second-order valence-corrected chi connectivity index (χ2v) is 3.58. The summed E-state index contributed by atoms with van der Waals surface area (Å²) >= 11 is 0. The standard InChI is InChI=1S/C11H11FN2O3/c1-17-9-4-7(2-3-8(9)12)14-6-10(15)13-5-11(14)16/h2-4H,5-6H2,1H3,(H,13,15). The lowest BCUT2D eigenvalue weighted by atomic mass is 10.2. The van der Waals surface area contributed by atoms with Gasteiger partial charge in [-0.3, -0.25) is 9.59 Å². The first-order valence-corrected chi connectivity index (χ1v) is 5.02. The lowest BCUT2D eigenvalue weighted by molar-refractivity contribution is -0.128. The van der Waals surface area contributed by atoms with Crippen LogP contribution in [-0.2, 0) is 9.59 Å². The van der Waals surface area contributed by atoms with Crippen molar-refractivity contribution in [3.63, 3.8) is 0 Å². The molecule has 1 aliphatic rings. The number of nitrogens with one attached hydrogen (secondary N) is 1. The lowest BCUT2D eigenvalue weighted by Crippen LogP contribution is -2.51. The average molecular weight is 238 g/mol. The first-order valence-electron chi connectivity index (χ1n) is 5.02. The molecular weight excluding hydrogens is 227 g/mol. The van der Waals surface area contributed by atoms with Gasteiger partial charge in [0.1, 0.15) is 6.54 Å². The summed E-state index contributed by atoms with van der Waals surface area (Å²) in [5.74, 6) is -0.947. The number of carbonyl (C=O) groups is 2. The minimum Gasteiger partial charge on any atom is -0.494 e. The molecule has 0 unspecified atom stereocenters. The summed E-state index contributed by atoms with van der Waals surface area (Å²) in [4.78, 5) is 24.1. The topological polar surface area (TPSA) is 58.6 Å². The third kappa shape index (κ3) is 2.20. The fourth-order valence-corrected chi connectivity index (χ4v) is 1.61. The number of anilines is 1. The van der Waals surface area contributed by atoms with Gasteiger partial charge < -0.3 is 15.0 Å². The molecule has 0 aliphatic carbocycles. The Hall–Kier alpha value is -2.11. The number of amides is 2. The Labute approximate surface area is 97.2 Å². The Kier molecular flexibility index (Phi) is 2.95. The third-order valence-corrected chi connectivity index (χ3v) is 2.49. The smallest absolute Gasteiger partial charge is 0.246 e. The summed E-state index contributed by atoms with van der Waals surface area (Å²) in [7, 11) is 1.34. The van der Waals surface area contributed by atoms with Crippen molar-refractivity contribution in [2.75, 3.05) is 25.1 Å². The molecule has 0 bridgehead atoms. The van der Waals surface area contributed by atoms with Gasteiger partial charge in [0.15, 0.2) is 11.6 Å². The Bertz CT molecular complexity index is 476. The van der Waals surface area contributed by atoms with Crippen molar-refractivity contribution in [1.29, 1.82) is 0 Å². The fraction of sp³-hybridized carbons (Fsp3) is 0.273. The normalized spacial score (nSPS) is 15.8. The summed E-state index contributed by atoms with van der Waals surface area (Å²) < 4.78 is 18.0. The van der Waals surface area contributed by atoms with Crippen LogP contribution in [0, 0.1) is 5.82 Å². The highest BCUT2D eigenvalue weighted by atomic mass is 19.1. The van der Waals surface area contributed by atoms with Crippen molar-refractivity contribution >= 4 is 17.5 Å². The molecule has 0 atom stereocenters. The molecule has 17 heavy (non-hydrogen) atoms. The predicted molar refractivity (Wildman–Crippen MR) is 58.3 cm³/mol. The van der Waals surface area contributed by atoms with E-state index in [0.717, 1.165) is 0 Å². The summed E-state index contributed by atoms with van der Waals surface area (Å²) in [5, 5.41) is 2.44. The molecule has 90 valence electrons. The maximum absolute atomic E-state index is 13.2. The van der Waals surface area contributed by atoms with Gasteiger partial charge in [0.25, 0.3) is 0 Å². The quantitative estimate of drug-likeness (QED) is 0.806. The van der Waals surface area contributed by atoms with E-state index in [4.69, 9.17) is 4.74 Å². The summed E-state index contributed by atoms with van der Waals surface area (Å²) in [6.45, 7) is -0.105. The SMILES string of the molecule is COc1cc(N2CC(=O)NCC2=O)ccc1F. The van der Waals surface area contributed by atoms with Crippen LogP contribution in [0.3, 0.4) is 0 Å². The van der Waals surface area contributed by atoms with Crippen LogP contribution in [0.15, 0.2) is 18.2 Å². The number of benzene rings is 1. The first kappa shape index (κ1) is 11.4. The molecule has 0 saturated carbocycles. The third-order valence-electron chi connectivity index (χ3n) is 2.49. The van der Waals surface area contributed by atoms with Crippen LogP contribution in [0.2, 0.25) is 0 Å². The van der Waals surface area contributed by atoms with Crippen molar-refractivity contribution in [2.45, 2.75) is 0 Å². The molecule has 6 heteroatoms. The zero-order chi connectivity index (χ0) is 12.4. The summed E-state index contributed by atoms with van der Waals surface area (Å²) in [5.41, 5.74) is 0.447. The number of rotatable bonds is 2. The molecule has 1 saturated heterocycles. The molecule has 5 nitrogen and oxygen atoms in total. The van der Waals surface area contributed by atoms with E-state index in [1.54, 1.807) is 0 Å². The largest absolute Gasteiger partial charge is 0.494 e. The van der Waals surface area contributed by atoms with Crippen LogP contribution in [0.1, 0.15) is 0 Å². The van der Waals surface area contributed by atoms with Gasteiger partial charge in [-0.2, -0.15) is 0 Å². The van der Waals surface area contributed by atoms with E-state index in [2.05, 4.69) is 5.32 Å². The number of methoxy groups -OCH3 is 1. The van der Waals surface area contributed by atoms with Crippen LogP contribution < -0.4 is 15.0 Å². The fourth-order valence-electron chi connectivity index (χ4n) is 1.61. The highest BCUT2D eigenvalue weighted by Gasteiger charge is 2.24. The van der Waals surface area contributed by atoms with Gasteiger partial charge in [0, 0.05) is 11.8 Å². The van der Waals surface area contributed by atoms with Gasteiger partial charge in [0.05, 0.1) is 13.7 Å². The Morgan fingerprint density at radius 1 is 1.41 bits per heavy atom. The molecule has 0 spiro atoms. The Balaban J connectivity index is 2.32. The molecule has 0 radical (unpaired) electrons. The number of nitrogens with zero attached hydrogens (tertiary/aromatic N) is 1. The summed E-state index contributed by atoms with van der Waals surface area (Å²) in [6, 6.07) is 4.04. The number of piperazine rings is 1. The molecule has 2 rings (SSSR count). The van der Waals surface area contributed by atoms with Crippen LogP contribution in [0.5, 0.6) is 5.75 Å². The molecule has 1 fully saturated rings. The highest BCUT2D eigenvalue weighted by Crippen LogP contribution is 2.24. The second kappa shape index (κ2) is 4.40. The van der Waals surface area contributed by atoms with Gasteiger partial charge in [-0.15, -0.1) is 0 Å². The van der Waals surface area contributed by atoms with Crippen molar-refractivity contribution in [3.05, 3.63) is 24.0 Å². The van der Waals surface area contributed by atoms with Crippen molar-refractivity contribution in [1.82, 2.24) is 5.32 Å². The molecule has 2 amide bonds. The minimum absolute atomic E-state index is 0.0429. The number of hydrogen-bond acceptors (Lipinski definition) is 3. The van der Waals surface area contributed by atoms with Crippen LogP contribution >= 0.6 is 0 Å². The van der Waals surface area contributed by atoms with Crippen molar-refractivity contribution in [3.8, 4) is 5.75 Å². The Morgan fingerprint density at radius 3 is 2.88 bits per heavy atom. The monoisotopic (exact) mass is 238 g/mol. The maximum atomic E-state index is 13.2. The highest BCUT2D eigenvalue weighted by molar-refractivity contribution is 6.04. The minimum atomic E-state index is -0.509. The van der Waals surface area contributed by atoms with E-state index in [0.29, 0.717) is 5.69 Å². The van der Waals surface area contributed by atoms with E-state index in [-0.39, 0.29) is 30.7 Å². The molecule has 1 aromatic rings. The maximum Gasteiger partial charge on any atom is 0.246 e. The van der Waals surface area contributed by atoms with Gasteiger partial charge in [0.2, 0.25) is 11.8 Å². The van der Waals surface area contributed by atoms with Gasteiger partial charge in [-0.25, -0.2) is 4.39 Å². The predicted octanol–water partition coefficient (Wildman–Crippen LogP) is 0.297. The van der Waals surface area contributed by atoms with E-state index in [1.165, 1.54) is 30.2 Å². The van der Waals surface area contributed by atoms with Crippen molar-refractivity contribution in [2.24, 2.45) is 0 Å². The molecule has 1 N–H and O–H groups in total. The van der Waals surface area contributed by atoms with Gasteiger partial charge in [-0.1, -0.05) is 0 Å². The lowest BCUT2D eigenvalue weighted by Gasteiger charge is -2.26.